The molecule has 0 radical (unpaired) electrons. The number of pyridine rings is 1. The third-order valence-corrected chi connectivity index (χ3v) is 5.02. The molecule has 2 amide bonds. The van der Waals surface area contributed by atoms with Crippen LogP contribution in [-0.2, 0) is 4.79 Å². The molecule has 1 N–H and O–H groups in total. The van der Waals surface area contributed by atoms with E-state index in [-0.39, 0.29) is 10.2 Å². The molecule has 1 fully saturated rings. The molecule has 0 aliphatic carbocycles. The maximum Gasteiger partial charge on any atom is 0.285 e. The van der Waals surface area contributed by atoms with Gasteiger partial charge in [0.05, 0.1) is 21.5 Å². The largest absolute Gasteiger partial charge is 0.285 e. The van der Waals surface area contributed by atoms with E-state index in [0.717, 1.165) is 33.4 Å². The van der Waals surface area contributed by atoms with Gasteiger partial charge in [-0.1, -0.05) is 17.8 Å². The number of thiocarbonyl (C=S) groups is 1. The summed E-state index contributed by atoms with van der Waals surface area (Å²) < 4.78 is 0.254. The smallest absolute Gasteiger partial charge is 0.267 e. The fraction of sp³-hybridized carbons (Fsp3) is 0. The van der Waals surface area contributed by atoms with Crippen LogP contribution in [0.2, 0.25) is 0 Å². The zero-order chi connectivity index (χ0) is 18.8. The number of nitrogens with zero attached hydrogens (tertiary/aromatic N) is 4. The molecule has 0 saturated carbocycles. The van der Waals surface area contributed by atoms with E-state index in [4.69, 9.17) is 12.2 Å². The summed E-state index contributed by atoms with van der Waals surface area (Å²) in [5, 5.41) is 1.07. The maximum atomic E-state index is 12.6. The molecule has 0 unspecified atom stereocenters. The molecule has 1 aliphatic rings. The lowest BCUT2D eigenvalue weighted by atomic mass is 10.2. The Balaban J connectivity index is 1.56. The number of carbonyl (C=O) groups is 2. The maximum absolute atomic E-state index is 12.6. The number of hydrogen-bond donors (Lipinski definition) is 1. The number of carbonyl (C=O) groups excluding carboxylic acids is 2. The van der Waals surface area contributed by atoms with Gasteiger partial charge in [0.25, 0.3) is 11.8 Å². The first-order valence-electron chi connectivity index (χ1n) is 7.81. The monoisotopic (exact) mass is 393 g/mol. The first-order chi connectivity index (χ1) is 13.1. The zero-order valence-electron chi connectivity index (χ0n) is 13.7. The third kappa shape index (κ3) is 3.55. The van der Waals surface area contributed by atoms with E-state index in [1.807, 2.05) is 18.2 Å². The standard InChI is InChI=1S/C18H11N5O2S2/c24-16(12-2-1-5-19-10-12)22-23-17(25)15(27-18(23)26)9-11-3-4-13-14(8-11)21-7-6-20-13/h1-10H,(H,22,24). The van der Waals surface area contributed by atoms with Gasteiger partial charge in [-0.25, -0.2) is 0 Å². The SMILES string of the molecule is O=C(NN1C(=O)C(=Cc2ccc3nccnc3c2)SC1=S)c1cccnc1. The molecule has 1 aliphatic heterocycles. The highest BCUT2D eigenvalue weighted by Gasteiger charge is 2.33. The minimum absolute atomic E-state index is 0.254. The number of fused-ring (bicyclic) bond motifs is 1. The van der Waals surface area contributed by atoms with Crippen LogP contribution in [0, 0.1) is 0 Å². The van der Waals surface area contributed by atoms with Crippen molar-refractivity contribution in [2.75, 3.05) is 0 Å². The summed E-state index contributed by atoms with van der Waals surface area (Å²) in [4.78, 5) is 37.7. The molecule has 4 rings (SSSR count). The Bertz CT molecular complexity index is 1100. The molecule has 7 nitrogen and oxygen atoms in total. The Morgan fingerprint density at radius 2 is 1.96 bits per heavy atom. The summed E-state index contributed by atoms with van der Waals surface area (Å²) in [7, 11) is 0. The van der Waals surface area contributed by atoms with Crippen LogP contribution in [-0.4, -0.2) is 36.1 Å². The van der Waals surface area contributed by atoms with E-state index >= 15 is 0 Å². The van der Waals surface area contributed by atoms with Crippen LogP contribution >= 0.6 is 24.0 Å². The Hall–Kier alpha value is -3.17. The van der Waals surface area contributed by atoms with Gasteiger partial charge in [-0.05, 0) is 48.1 Å². The normalized spacial score (nSPS) is 15.6. The van der Waals surface area contributed by atoms with Gasteiger partial charge in [-0.2, -0.15) is 5.01 Å². The van der Waals surface area contributed by atoms with E-state index in [9.17, 15) is 9.59 Å². The van der Waals surface area contributed by atoms with Crippen molar-refractivity contribution in [3.63, 3.8) is 0 Å². The molecule has 1 saturated heterocycles. The fourth-order valence-corrected chi connectivity index (χ4v) is 3.63. The van der Waals surface area contributed by atoms with Crippen LogP contribution in [0.4, 0.5) is 0 Å². The first-order valence-corrected chi connectivity index (χ1v) is 9.04. The molecular formula is C18H11N5O2S2. The van der Waals surface area contributed by atoms with Crippen molar-refractivity contribution in [2.24, 2.45) is 0 Å². The minimum Gasteiger partial charge on any atom is -0.267 e. The molecule has 0 atom stereocenters. The second-order valence-corrected chi connectivity index (χ2v) is 7.18. The van der Waals surface area contributed by atoms with Crippen LogP contribution in [0.25, 0.3) is 17.1 Å². The molecule has 9 heteroatoms. The Morgan fingerprint density at radius 3 is 2.74 bits per heavy atom. The highest BCUT2D eigenvalue weighted by atomic mass is 32.2. The van der Waals surface area contributed by atoms with Crippen LogP contribution in [0.1, 0.15) is 15.9 Å². The molecule has 27 heavy (non-hydrogen) atoms. The van der Waals surface area contributed by atoms with Crippen LogP contribution in [0.5, 0.6) is 0 Å². The highest BCUT2D eigenvalue weighted by molar-refractivity contribution is 8.26. The van der Waals surface area contributed by atoms with E-state index in [0.29, 0.717) is 10.5 Å². The number of benzene rings is 1. The van der Waals surface area contributed by atoms with Gasteiger partial charge in [0.2, 0.25) is 0 Å². The van der Waals surface area contributed by atoms with Gasteiger partial charge >= 0.3 is 0 Å². The van der Waals surface area contributed by atoms with Gasteiger partial charge < -0.3 is 0 Å². The Kier molecular flexibility index (Phi) is 4.61. The Labute approximate surface area is 163 Å². The number of nitrogens with one attached hydrogen (secondary N) is 1. The number of amides is 2. The fourth-order valence-electron chi connectivity index (χ4n) is 2.45. The summed E-state index contributed by atoms with van der Waals surface area (Å²) in [5.41, 5.74) is 5.15. The van der Waals surface area contributed by atoms with E-state index in [1.165, 1.54) is 6.20 Å². The summed E-state index contributed by atoms with van der Waals surface area (Å²) in [6, 6.07) is 8.76. The number of aromatic nitrogens is 3. The number of hydrazine groups is 1. The van der Waals surface area contributed by atoms with Crippen LogP contribution < -0.4 is 5.43 Å². The zero-order valence-corrected chi connectivity index (χ0v) is 15.3. The van der Waals surface area contributed by atoms with Gasteiger partial charge in [-0.3, -0.25) is 30.0 Å². The predicted molar refractivity (Wildman–Crippen MR) is 106 cm³/mol. The average molecular weight is 393 g/mol. The van der Waals surface area contributed by atoms with E-state index in [2.05, 4.69) is 20.4 Å². The molecule has 2 aromatic heterocycles. The molecule has 0 spiro atoms. The van der Waals surface area contributed by atoms with Crippen LogP contribution in [0.15, 0.2) is 60.0 Å². The summed E-state index contributed by atoms with van der Waals surface area (Å²) >= 11 is 6.35. The lowest BCUT2D eigenvalue weighted by Crippen LogP contribution is -2.44. The van der Waals surface area contributed by atoms with Gasteiger partial charge in [0.1, 0.15) is 0 Å². The van der Waals surface area contributed by atoms with Crippen molar-refractivity contribution in [1.82, 2.24) is 25.4 Å². The molecule has 3 heterocycles. The summed E-state index contributed by atoms with van der Waals surface area (Å²) in [5.74, 6) is -0.844. The van der Waals surface area contributed by atoms with Gasteiger partial charge in [0.15, 0.2) is 4.32 Å². The second kappa shape index (κ2) is 7.22. The Morgan fingerprint density at radius 1 is 1.15 bits per heavy atom. The topological polar surface area (TPSA) is 88.1 Å². The molecule has 3 aromatic rings. The quantitative estimate of drug-likeness (QED) is 0.540. The number of rotatable bonds is 3. The summed E-state index contributed by atoms with van der Waals surface area (Å²) in [6.45, 7) is 0. The average Bonchev–Trinajstić information content (AvgIpc) is 2.96. The van der Waals surface area contributed by atoms with Gasteiger partial charge in [-0.15, -0.1) is 0 Å². The lowest BCUT2D eigenvalue weighted by molar-refractivity contribution is -0.123. The van der Waals surface area contributed by atoms with Crippen molar-refractivity contribution in [3.8, 4) is 0 Å². The minimum atomic E-state index is -0.457. The van der Waals surface area contributed by atoms with Crippen molar-refractivity contribution in [2.45, 2.75) is 0 Å². The third-order valence-electron chi connectivity index (χ3n) is 3.72. The first kappa shape index (κ1) is 17.3. The predicted octanol–water partition coefficient (Wildman–Crippen LogP) is 2.57. The van der Waals surface area contributed by atoms with Crippen molar-refractivity contribution in [1.29, 1.82) is 0 Å². The van der Waals surface area contributed by atoms with Crippen molar-refractivity contribution >= 4 is 57.2 Å². The second-order valence-electron chi connectivity index (χ2n) is 5.50. The van der Waals surface area contributed by atoms with Gasteiger partial charge in [0, 0.05) is 24.8 Å². The molecule has 132 valence electrons. The van der Waals surface area contributed by atoms with Crippen LogP contribution in [0.3, 0.4) is 0 Å². The summed E-state index contributed by atoms with van der Waals surface area (Å²) in [6.07, 6.45) is 7.92. The number of thioether (sulfide) groups is 1. The molecular weight excluding hydrogens is 382 g/mol. The highest BCUT2D eigenvalue weighted by Crippen LogP contribution is 2.31. The lowest BCUT2D eigenvalue weighted by Gasteiger charge is -2.15. The van der Waals surface area contributed by atoms with E-state index < -0.39 is 5.91 Å². The van der Waals surface area contributed by atoms with Crippen molar-refractivity contribution < 1.29 is 9.59 Å². The molecule has 0 bridgehead atoms. The molecule has 1 aromatic carbocycles. The number of hydrogen-bond acceptors (Lipinski definition) is 7. The van der Waals surface area contributed by atoms with Crippen molar-refractivity contribution in [3.05, 3.63) is 71.2 Å². The van der Waals surface area contributed by atoms with E-state index in [1.54, 1.807) is 36.8 Å².